The highest BCUT2D eigenvalue weighted by molar-refractivity contribution is 5.86. The number of Topliss-reactive ketones (excluding diaryl/α,β-unsaturated/α-hetero) is 4. The second-order valence-corrected chi connectivity index (χ2v) is 5.68. The van der Waals surface area contributed by atoms with Gasteiger partial charge in [0.2, 0.25) is 0 Å². The molecule has 0 rings (SSSR count). The van der Waals surface area contributed by atoms with Crippen LogP contribution in [0.1, 0.15) is 78.1 Å². The average molecular weight is 326 g/mol. The van der Waals surface area contributed by atoms with Gasteiger partial charge in [-0.3, -0.25) is 19.2 Å². The first-order valence-corrected chi connectivity index (χ1v) is 8.64. The third-order valence-electron chi connectivity index (χ3n) is 3.64. The molecule has 0 unspecified atom stereocenters. The van der Waals surface area contributed by atoms with Crippen LogP contribution in [0, 0.1) is 0 Å². The molecule has 0 aromatic heterocycles. The topological polar surface area (TPSA) is 77.5 Å². The first-order valence-electron chi connectivity index (χ1n) is 8.64. The van der Waals surface area contributed by atoms with Crippen LogP contribution in [0.25, 0.3) is 0 Å². The summed E-state index contributed by atoms with van der Waals surface area (Å²) in [4.78, 5) is 45.2. The van der Waals surface area contributed by atoms with Crippen molar-refractivity contribution >= 4 is 23.1 Å². The Balaban J connectivity index is 3.42. The maximum atomic E-state index is 11.5. The lowest BCUT2D eigenvalue weighted by atomic mass is 10.1. The van der Waals surface area contributed by atoms with Crippen molar-refractivity contribution in [3.05, 3.63) is 0 Å². The van der Waals surface area contributed by atoms with Gasteiger partial charge in [0.1, 0.15) is 23.1 Å². The Morgan fingerprint density at radius 2 is 0.913 bits per heavy atom. The summed E-state index contributed by atoms with van der Waals surface area (Å²) in [5, 5.41) is 0. The van der Waals surface area contributed by atoms with Crippen LogP contribution < -0.4 is 0 Å². The van der Waals surface area contributed by atoms with Crippen LogP contribution in [0.5, 0.6) is 0 Å². The number of carbonyl (C=O) groups excluding carboxylic acids is 4. The second-order valence-electron chi connectivity index (χ2n) is 5.68. The van der Waals surface area contributed by atoms with E-state index in [1.807, 2.05) is 0 Å². The normalized spacial score (nSPS) is 10.5. The minimum absolute atomic E-state index is 0.103. The first kappa shape index (κ1) is 21.6. The lowest BCUT2D eigenvalue weighted by Gasteiger charge is -2.04. The van der Waals surface area contributed by atoms with E-state index in [1.165, 1.54) is 0 Å². The van der Waals surface area contributed by atoms with Crippen LogP contribution in [-0.4, -0.2) is 36.3 Å². The number of rotatable bonds is 16. The molecular formula is C18H30O5. The molecule has 0 bridgehead atoms. The van der Waals surface area contributed by atoms with E-state index in [4.69, 9.17) is 4.74 Å². The monoisotopic (exact) mass is 326 g/mol. The summed E-state index contributed by atoms with van der Waals surface area (Å²) in [5.41, 5.74) is 0. The highest BCUT2D eigenvalue weighted by Crippen LogP contribution is 2.04. The zero-order valence-electron chi connectivity index (χ0n) is 14.5. The second kappa shape index (κ2) is 14.2. The van der Waals surface area contributed by atoms with Crippen LogP contribution in [0.4, 0.5) is 0 Å². The zero-order valence-corrected chi connectivity index (χ0v) is 14.5. The summed E-state index contributed by atoms with van der Waals surface area (Å²) in [5.74, 6) is 0.456. The highest BCUT2D eigenvalue weighted by Gasteiger charge is 2.07. The van der Waals surface area contributed by atoms with Crippen LogP contribution >= 0.6 is 0 Å². The average Bonchev–Trinajstić information content (AvgIpc) is 2.56. The van der Waals surface area contributed by atoms with E-state index in [9.17, 15) is 19.2 Å². The van der Waals surface area contributed by atoms with Gasteiger partial charge in [-0.1, -0.05) is 13.8 Å². The van der Waals surface area contributed by atoms with Crippen molar-refractivity contribution in [2.75, 3.05) is 13.2 Å². The number of hydrogen-bond acceptors (Lipinski definition) is 5. The van der Waals surface area contributed by atoms with Crippen molar-refractivity contribution in [2.24, 2.45) is 0 Å². The Kier molecular flexibility index (Phi) is 13.4. The lowest BCUT2D eigenvalue weighted by molar-refractivity contribution is -0.124. The zero-order chi connectivity index (χ0) is 17.5. The molecule has 0 aliphatic rings. The SMILES string of the molecule is CCC(=O)CCC(=O)CCCOCCCC(=O)CCC(=O)CC. The van der Waals surface area contributed by atoms with Crippen molar-refractivity contribution in [3.8, 4) is 0 Å². The predicted molar refractivity (Wildman–Crippen MR) is 88.4 cm³/mol. The third kappa shape index (κ3) is 14.0. The van der Waals surface area contributed by atoms with Gasteiger partial charge in [-0.15, -0.1) is 0 Å². The quantitative estimate of drug-likeness (QED) is 0.407. The summed E-state index contributed by atoms with van der Waals surface area (Å²) in [6, 6.07) is 0. The Bertz CT molecular complexity index is 351. The summed E-state index contributed by atoms with van der Waals surface area (Å²) < 4.78 is 5.39. The van der Waals surface area contributed by atoms with E-state index in [0.717, 1.165) is 0 Å². The minimum Gasteiger partial charge on any atom is -0.381 e. The van der Waals surface area contributed by atoms with Crippen molar-refractivity contribution in [3.63, 3.8) is 0 Å². The van der Waals surface area contributed by atoms with Gasteiger partial charge in [-0.05, 0) is 12.8 Å². The van der Waals surface area contributed by atoms with Crippen LogP contribution in [-0.2, 0) is 23.9 Å². The van der Waals surface area contributed by atoms with Gasteiger partial charge < -0.3 is 4.74 Å². The van der Waals surface area contributed by atoms with E-state index in [-0.39, 0.29) is 23.1 Å². The predicted octanol–water partition coefficient (Wildman–Crippen LogP) is 3.22. The molecule has 0 aromatic rings. The summed E-state index contributed by atoms with van der Waals surface area (Å²) in [6.07, 6.45) is 4.51. The standard InChI is InChI=1S/C18H30O5/c1-3-15(19)9-11-17(21)7-5-13-23-14-6-8-18(22)12-10-16(20)4-2/h3-14H2,1-2H3. The summed E-state index contributed by atoms with van der Waals surface area (Å²) >= 11 is 0. The molecule has 5 nitrogen and oxygen atoms in total. The lowest BCUT2D eigenvalue weighted by Crippen LogP contribution is -2.07. The Hall–Kier alpha value is -1.36. The molecule has 0 aliphatic heterocycles. The molecule has 23 heavy (non-hydrogen) atoms. The van der Waals surface area contributed by atoms with Gasteiger partial charge >= 0.3 is 0 Å². The van der Waals surface area contributed by atoms with Gasteiger partial charge in [0.25, 0.3) is 0 Å². The molecule has 0 N–H and O–H groups in total. The van der Waals surface area contributed by atoms with Gasteiger partial charge in [0.05, 0.1) is 0 Å². The van der Waals surface area contributed by atoms with Crippen molar-refractivity contribution in [2.45, 2.75) is 78.1 Å². The molecule has 0 aliphatic carbocycles. The number of ether oxygens (including phenoxy) is 1. The molecule has 5 heteroatoms. The molecule has 0 amide bonds. The van der Waals surface area contributed by atoms with Crippen molar-refractivity contribution in [1.82, 2.24) is 0 Å². The molecule has 0 radical (unpaired) electrons. The van der Waals surface area contributed by atoms with Gasteiger partial charge in [0.15, 0.2) is 0 Å². The number of carbonyl (C=O) groups is 4. The number of hydrogen-bond donors (Lipinski definition) is 0. The largest absolute Gasteiger partial charge is 0.381 e. The molecule has 132 valence electrons. The molecule has 0 spiro atoms. The fraction of sp³-hybridized carbons (Fsp3) is 0.778. The van der Waals surface area contributed by atoms with E-state index < -0.39 is 0 Å². The van der Waals surface area contributed by atoms with Crippen LogP contribution in [0.2, 0.25) is 0 Å². The van der Waals surface area contributed by atoms with E-state index in [2.05, 4.69) is 0 Å². The van der Waals surface area contributed by atoms with Gasteiger partial charge in [-0.25, -0.2) is 0 Å². The fourth-order valence-electron chi connectivity index (χ4n) is 2.01. The van der Waals surface area contributed by atoms with Crippen LogP contribution in [0.15, 0.2) is 0 Å². The Labute approximate surface area is 139 Å². The molecule has 0 saturated carbocycles. The third-order valence-corrected chi connectivity index (χ3v) is 3.64. The maximum Gasteiger partial charge on any atom is 0.133 e. The van der Waals surface area contributed by atoms with Crippen LogP contribution in [0.3, 0.4) is 0 Å². The summed E-state index contributed by atoms with van der Waals surface area (Å²) in [6.45, 7) is 4.59. The Morgan fingerprint density at radius 1 is 0.565 bits per heavy atom. The fourth-order valence-corrected chi connectivity index (χ4v) is 2.01. The molecule has 0 aromatic carbocycles. The molecule has 0 saturated heterocycles. The Morgan fingerprint density at radius 3 is 1.26 bits per heavy atom. The number of ketones is 4. The highest BCUT2D eigenvalue weighted by atomic mass is 16.5. The maximum absolute atomic E-state index is 11.5. The van der Waals surface area contributed by atoms with E-state index >= 15 is 0 Å². The van der Waals surface area contributed by atoms with Gasteiger partial charge in [-0.2, -0.15) is 0 Å². The van der Waals surface area contributed by atoms with E-state index in [0.29, 0.717) is 77.4 Å². The molecule has 0 heterocycles. The molecule has 0 fully saturated rings. The minimum atomic E-state index is 0.103. The molecular weight excluding hydrogens is 296 g/mol. The van der Waals surface area contributed by atoms with Crippen molar-refractivity contribution < 1.29 is 23.9 Å². The van der Waals surface area contributed by atoms with Crippen molar-refractivity contribution in [1.29, 1.82) is 0 Å². The summed E-state index contributed by atoms with van der Waals surface area (Å²) in [7, 11) is 0. The van der Waals surface area contributed by atoms with E-state index in [1.54, 1.807) is 13.8 Å². The smallest absolute Gasteiger partial charge is 0.133 e. The first-order chi connectivity index (χ1) is 11.0. The molecule has 0 atom stereocenters. The van der Waals surface area contributed by atoms with Gasteiger partial charge in [0, 0.05) is 64.6 Å².